The maximum Gasteiger partial charge on any atom is 0.191 e. The summed E-state index contributed by atoms with van der Waals surface area (Å²) in [4.78, 5) is 4.59. The van der Waals surface area contributed by atoms with Gasteiger partial charge in [0.25, 0.3) is 0 Å². The average molecular weight is 484 g/mol. The number of hydrogen-bond donors (Lipinski definition) is 2. The average Bonchev–Trinajstić information content (AvgIpc) is 3.26. The Morgan fingerprint density at radius 3 is 2.62 bits per heavy atom. The zero-order chi connectivity index (χ0) is 16.3. The van der Waals surface area contributed by atoms with Crippen molar-refractivity contribution in [2.24, 2.45) is 10.9 Å². The van der Waals surface area contributed by atoms with Crippen LogP contribution in [-0.4, -0.2) is 38.5 Å². The minimum absolute atomic E-state index is 0. The molecule has 2 N–H and O–H groups in total. The van der Waals surface area contributed by atoms with E-state index in [1.807, 2.05) is 24.3 Å². The number of benzene rings is 1. The molecule has 5 nitrogen and oxygen atoms in total. The fraction of sp³-hybridized carbons (Fsp3) is 0.562. The fourth-order valence-electron chi connectivity index (χ4n) is 2.64. The van der Waals surface area contributed by atoms with E-state index in [-0.39, 0.29) is 35.6 Å². The molecule has 0 aromatic heterocycles. The molecule has 2 aliphatic rings. The SMILES string of the molecule is I.O=S1(=O)CCC(CNC(=NCc2ccccc2Cl)NC2CC2)C1. The van der Waals surface area contributed by atoms with Crippen molar-refractivity contribution in [2.75, 3.05) is 18.1 Å². The summed E-state index contributed by atoms with van der Waals surface area (Å²) in [6.07, 6.45) is 3.05. The molecule has 1 saturated carbocycles. The molecular formula is C16H23ClIN3O2S. The molecule has 1 heterocycles. The summed E-state index contributed by atoms with van der Waals surface area (Å²) in [7, 11) is -2.83. The zero-order valence-electron chi connectivity index (χ0n) is 13.4. The monoisotopic (exact) mass is 483 g/mol. The maximum atomic E-state index is 11.5. The molecule has 8 heteroatoms. The van der Waals surface area contributed by atoms with Gasteiger partial charge in [-0.2, -0.15) is 0 Å². The van der Waals surface area contributed by atoms with Gasteiger partial charge in [-0.05, 0) is 36.8 Å². The molecule has 1 unspecified atom stereocenters. The molecule has 0 amide bonds. The van der Waals surface area contributed by atoms with Crippen molar-refractivity contribution >= 4 is 51.4 Å². The normalized spacial score (nSPS) is 22.7. The first-order valence-electron chi connectivity index (χ1n) is 8.00. The largest absolute Gasteiger partial charge is 0.356 e. The van der Waals surface area contributed by atoms with Crippen LogP contribution >= 0.6 is 35.6 Å². The Hall–Kier alpha value is -0.540. The molecule has 0 bridgehead atoms. The van der Waals surface area contributed by atoms with Crippen molar-refractivity contribution in [3.63, 3.8) is 0 Å². The Balaban J connectivity index is 0.00000208. The Kier molecular flexibility index (Phi) is 7.18. The van der Waals surface area contributed by atoms with Crippen molar-refractivity contribution in [1.82, 2.24) is 10.6 Å². The van der Waals surface area contributed by atoms with Crippen molar-refractivity contribution < 1.29 is 8.42 Å². The number of guanidine groups is 1. The maximum absolute atomic E-state index is 11.5. The first-order valence-corrected chi connectivity index (χ1v) is 10.2. The standard InChI is InChI=1S/C16H22ClN3O2S.HI/c17-15-4-2-1-3-13(15)10-19-16(20-14-5-6-14)18-9-12-7-8-23(21,22)11-12;/h1-4,12,14H,5-11H2,(H2,18,19,20);1H. The number of nitrogens with one attached hydrogen (secondary N) is 2. The van der Waals surface area contributed by atoms with Gasteiger partial charge in [-0.25, -0.2) is 13.4 Å². The third-order valence-corrected chi connectivity index (χ3v) is 6.37. The number of aliphatic imine (C=N–C) groups is 1. The highest BCUT2D eigenvalue weighted by Gasteiger charge is 2.28. The van der Waals surface area contributed by atoms with Crippen LogP contribution in [0, 0.1) is 5.92 Å². The summed E-state index contributed by atoms with van der Waals surface area (Å²) in [6, 6.07) is 8.15. The van der Waals surface area contributed by atoms with Crippen molar-refractivity contribution in [2.45, 2.75) is 31.8 Å². The van der Waals surface area contributed by atoms with E-state index >= 15 is 0 Å². The van der Waals surface area contributed by atoms with Crippen molar-refractivity contribution in [3.8, 4) is 0 Å². The predicted octanol–water partition coefficient (Wildman–Crippen LogP) is 2.59. The van der Waals surface area contributed by atoms with Gasteiger partial charge in [0.15, 0.2) is 15.8 Å². The summed E-state index contributed by atoms with van der Waals surface area (Å²) in [5.41, 5.74) is 0.981. The van der Waals surface area contributed by atoms with Gasteiger partial charge in [0, 0.05) is 17.6 Å². The van der Waals surface area contributed by atoms with E-state index in [4.69, 9.17) is 11.6 Å². The van der Waals surface area contributed by atoms with Crippen LogP contribution in [0.4, 0.5) is 0 Å². The molecule has 1 aliphatic heterocycles. The lowest BCUT2D eigenvalue weighted by Gasteiger charge is -2.15. The van der Waals surface area contributed by atoms with E-state index < -0.39 is 9.84 Å². The number of nitrogens with zero attached hydrogens (tertiary/aromatic N) is 1. The fourth-order valence-corrected chi connectivity index (χ4v) is 4.70. The van der Waals surface area contributed by atoms with E-state index in [9.17, 15) is 8.42 Å². The first-order chi connectivity index (χ1) is 11.0. The molecule has 3 rings (SSSR count). The highest BCUT2D eigenvalue weighted by atomic mass is 127. The van der Waals surface area contributed by atoms with Gasteiger partial charge >= 0.3 is 0 Å². The molecule has 24 heavy (non-hydrogen) atoms. The van der Waals surface area contributed by atoms with Crippen LogP contribution in [-0.2, 0) is 16.4 Å². The van der Waals surface area contributed by atoms with Crippen LogP contribution in [0.25, 0.3) is 0 Å². The summed E-state index contributed by atoms with van der Waals surface area (Å²) >= 11 is 6.16. The molecule has 1 atom stereocenters. The lowest BCUT2D eigenvalue weighted by atomic mass is 10.1. The summed E-state index contributed by atoms with van der Waals surface area (Å²) in [5, 5.41) is 7.38. The molecule has 1 aromatic carbocycles. The van der Waals surface area contributed by atoms with E-state index in [1.54, 1.807) is 0 Å². The highest BCUT2D eigenvalue weighted by Crippen LogP contribution is 2.20. The van der Waals surface area contributed by atoms with Gasteiger partial charge in [0.1, 0.15) is 0 Å². The Labute approximate surface area is 165 Å². The van der Waals surface area contributed by atoms with E-state index in [0.717, 1.165) is 30.8 Å². The molecule has 1 saturated heterocycles. The summed E-state index contributed by atoms with van der Waals surface area (Å²) < 4.78 is 23.1. The van der Waals surface area contributed by atoms with Crippen LogP contribution < -0.4 is 10.6 Å². The van der Waals surface area contributed by atoms with Crippen molar-refractivity contribution in [1.29, 1.82) is 0 Å². The lowest BCUT2D eigenvalue weighted by Crippen LogP contribution is -2.41. The quantitative estimate of drug-likeness (QED) is 0.384. The predicted molar refractivity (Wildman–Crippen MR) is 109 cm³/mol. The molecule has 134 valence electrons. The number of halogens is 2. The molecule has 1 aromatic rings. The second-order valence-corrected chi connectivity index (χ2v) is 8.96. The highest BCUT2D eigenvalue weighted by molar-refractivity contribution is 14.0. The minimum Gasteiger partial charge on any atom is -0.356 e. The van der Waals surface area contributed by atoms with Crippen LogP contribution in [0.2, 0.25) is 5.02 Å². The Bertz CT molecular complexity index is 692. The van der Waals surface area contributed by atoms with Gasteiger partial charge in [-0.3, -0.25) is 0 Å². The van der Waals surface area contributed by atoms with Crippen LogP contribution in [0.5, 0.6) is 0 Å². The molecule has 2 fully saturated rings. The van der Waals surface area contributed by atoms with Gasteiger partial charge in [0.2, 0.25) is 0 Å². The lowest BCUT2D eigenvalue weighted by molar-refractivity contribution is 0.566. The van der Waals surface area contributed by atoms with Gasteiger partial charge in [-0.1, -0.05) is 29.8 Å². The summed E-state index contributed by atoms with van der Waals surface area (Å²) in [6.45, 7) is 1.14. The van der Waals surface area contributed by atoms with Crippen LogP contribution in [0.1, 0.15) is 24.8 Å². The van der Waals surface area contributed by atoms with E-state index in [0.29, 0.717) is 29.9 Å². The number of sulfone groups is 1. The zero-order valence-corrected chi connectivity index (χ0v) is 17.3. The third kappa shape index (κ3) is 6.07. The molecule has 1 aliphatic carbocycles. The third-order valence-electron chi connectivity index (χ3n) is 4.17. The Morgan fingerprint density at radius 1 is 1.25 bits per heavy atom. The second kappa shape index (κ2) is 8.71. The molecule has 0 spiro atoms. The molecular weight excluding hydrogens is 461 g/mol. The Morgan fingerprint density at radius 2 is 2.00 bits per heavy atom. The number of rotatable bonds is 5. The second-order valence-electron chi connectivity index (χ2n) is 6.32. The van der Waals surface area contributed by atoms with Crippen LogP contribution in [0.15, 0.2) is 29.3 Å². The summed E-state index contributed by atoms with van der Waals surface area (Å²) in [5.74, 6) is 1.51. The van der Waals surface area contributed by atoms with E-state index in [2.05, 4.69) is 15.6 Å². The smallest absolute Gasteiger partial charge is 0.191 e. The van der Waals surface area contributed by atoms with E-state index in [1.165, 1.54) is 0 Å². The van der Waals surface area contributed by atoms with Crippen molar-refractivity contribution in [3.05, 3.63) is 34.9 Å². The van der Waals surface area contributed by atoms with Gasteiger partial charge in [-0.15, -0.1) is 24.0 Å². The van der Waals surface area contributed by atoms with Crippen LogP contribution in [0.3, 0.4) is 0 Å². The van der Waals surface area contributed by atoms with Gasteiger partial charge in [0.05, 0.1) is 18.1 Å². The number of hydrogen-bond acceptors (Lipinski definition) is 3. The minimum atomic E-state index is -2.83. The first kappa shape index (κ1) is 19.8. The van der Waals surface area contributed by atoms with Gasteiger partial charge < -0.3 is 10.6 Å². The molecule has 0 radical (unpaired) electrons. The topological polar surface area (TPSA) is 70.6 Å².